The summed E-state index contributed by atoms with van der Waals surface area (Å²) in [6, 6.07) is -3.47. The number of aliphatic hydroxyl groups is 1. The van der Waals surface area contributed by atoms with E-state index in [1.165, 1.54) is 36.3 Å². The highest BCUT2D eigenvalue weighted by molar-refractivity contribution is 9.10. The zero-order valence-corrected chi connectivity index (χ0v) is 45.4. The van der Waals surface area contributed by atoms with Gasteiger partial charge in [0.25, 0.3) is 5.91 Å². The Kier molecular flexibility index (Phi) is 21.5. The van der Waals surface area contributed by atoms with Crippen LogP contribution in [-0.2, 0) is 49.6 Å². The van der Waals surface area contributed by atoms with E-state index in [1.807, 2.05) is 27.7 Å². The Hall–Kier alpha value is -6.62. The monoisotopic (exact) mass is 1110 g/mol. The van der Waals surface area contributed by atoms with Gasteiger partial charge in [0.2, 0.25) is 53.0 Å². The van der Waals surface area contributed by atoms with Crippen molar-refractivity contribution in [2.75, 3.05) is 13.1 Å². The highest BCUT2D eigenvalue weighted by Gasteiger charge is 2.41. The molecule has 3 aromatic rings. The van der Waals surface area contributed by atoms with Gasteiger partial charge in [0.15, 0.2) is 0 Å². The Labute approximate surface area is 444 Å². The number of H-pyrrole nitrogens is 1. The molecule has 2 aliphatic heterocycles. The minimum atomic E-state index is -1.37. The summed E-state index contributed by atoms with van der Waals surface area (Å²) in [5.74, 6) is -7.64. The van der Waals surface area contributed by atoms with Crippen molar-refractivity contribution < 1.29 is 57.8 Å². The fourth-order valence-electron chi connectivity index (χ4n) is 8.95. The van der Waals surface area contributed by atoms with Gasteiger partial charge in [-0.05, 0) is 103 Å². The summed E-state index contributed by atoms with van der Waals surface area (Å²) in [6.45, 7) is 14.0. The zero-order valence-electron chi connectivity index (χ0n) is 43.8. The summed E-state index contributed by atoms with van der Waals surface area (Å²) in [5, 5.41) is 40.4. The van der Waals surface area contributed by atoms with Gasteiger partial charge in [-0.15, -0.1) is 0 Å². The molecule has 410 valence electrons. The predicted molar refractivity (Wildman–Crippen MR) is 280 cm³/mol. The van der Waals surface area contributed by atoms with Gasteiger partial charge in [-0.2, -0.15) is 0 Å². The van der Waals surface area contributed by atoms with Gasteiger partial charge < -0.3 is 61.7 Å². The molecule has 0 saturated carbocycles. The lowest BCUT2D eigenvalue weighted by Gasteiger charge is -2.31. The Bertz CT molecular complexity index is 2600. The average molecular weight is 1110 g/mol. The number of Topliss-reactive ketones (excluding diaryl/α,β-unsaturated/α-hetero) is 1. The van der Waals surface area contributed by atoms with Crippen LogP contribution in [0.5, 0.6) is 5.75 Å². The second kappa shape index (κ2) is 27.3. The van der Waals surface area contributed by atoms with Crippen molar-refractivity contribution >= 4 is 85.9 Å². The van der Waals surface area contributed by atoms with Crippen molar-refractivity contribution in [3.8, 4) is 5.75 Å². The summed E-state index contributed by atoms with van der Waals surface area (Å²) in [6.07, 6.45) is 4.04. The zero-order chi connectivity index (χ0) is 55.3. The van der Waals surface area contributed by atoms with Crippen molar-refractivity contribution in [3.63, 3.8) is 0 Å². The molecule has 0 aliphatic carbocycles. The Balaban J connectivity index is 1.46. The molecule has 10 atom stereocenters. The second-order valence-electron chi connectivity index (χ2n) is 20.0. The maximum atomic E-state index is 14.8. The molecule has 0 radical (unpaired) electrons. The molecule has 2 aromatic heterocycles. The SMILES string of the molecule is CCC(C)C(O)C(=O)N[C@H](C(=O)N[C@@H](CC)C(=O)N[C@H]1CCCNC(=O)[C@H](Cc2c(Br)[nH]c3cc(O)ccc23)NC(=O)/C=C\c2coc(n2)[C@H](C)NC(=O)C(=O)[C@H](CC(C)C)NC(=O)[C@@H]2CCCN2C1=O)[C@@H](C)CC. The number of phenolic OH excluding ortho intramolecular Hbond substituents is 1. The molecule has 2 unspecified atom stereocenters. The van der Waals surface area contributed by atoms with Crippen LogP contribution in [0.4, 0.5) is 0 Å². The number of halogens is 1. The van der Waals surface area contributed by atoms with E-state index in [2.05, 4.69) is 63.1 Å². The number of oxazole rings is 1. The standard InChI is InChI=1S/C52H73BrN10O12/c1-9-27(6)41(62-49(72)42(66)28(7)10-2)48(71)59-34(11-3)46(69)60-35-14-12-20-54-45(68)38(24-33-32-18-17-31(64)23-36(32)58-44(33)53)57-40(65)19-16-30-25-75-51(56-30)29(8)55-50(73)43(67)37(22-26(4)5)61-47(70)39-15-13-21-63(39)52(35)74/h16-19,23,25-29,34-35,37-39,41-42,58,64,66H,9-15,20-22,24H2,1-8H3,(H,54,68)(H,55,73)(H,57,65)(H,59,71)(H,60,69)(H,61,70)(H,62,72)/b19-16-/t27-,28?,29-,34-,35-,37-,38-,39-,41-,42?/m0/s1. The number of carbonyl (C=O) groups is 9. The first-order valence-corrected chi connectivity index (χ1v) is 26.6. The maximum absolute atomic E-state index is 14.8. The Morgan fingerprint density at radius 3 is 2.27 bits per heavy atom. The van der Waals surface area contributed by atoms with E-state index in [9.17, 15) is 53.4 Å². The number of aromatic amines is 1. The molecule has 22 nitrogen and oxygen atoms in total. The molecule has 8 amide bonds. The first-order chi connectivity index (χ1) is 35.6. The lowest BCUT2D eigenvalue weighted by Crippen LogP contribution is -2.60. The van der Waals surface area contributed by atoms with E-state index < -0.39 is 107 Å². The van der Waals surface area contributed by atoms with Crippen LogP contribution in [0.15, 0.2) is 39.6 Å². The number of aliphatic hydroxyl groups excluding tert-OH is 1. The van der Waals surface area contributed by atoms with Gasteiger partial charge in [0, 0.05) is 37.0 Å². The molecule has 2 aliphatic rings. The molecule has 10 N–H and O–H groups in total. The molecule has 2 bridgehead atoms. The summed E-state index contributed by atoms with van der Waals surface area (Å²) >= 11 is 3.51. The van der Waals surface area contributed by atoms with Crippen LogP contribution in [-0.4, -0.2) is 134 Å². The van der Waals surface area contributed by atoms with Crippen molar-refractivity contribution in [2.45, 2.75) is 162 Å². The van der Waals surface area contributed by atoms with Crippen LogP contribution in [0.3, 0.4) is 0 Å². The fraction of sp³-hybridized carbons (Fsp3) is 0.577. The fourth-order valence-corrected chi connectivity index (χ4v) is 9.54. The van der Waals surface area contributed by atoms with E-state index in [4.69, 9.17) is 4.42 Å². The Morgan fingerprint density at radius 2 is 1.59 bits per heavy atom. The van der Waals surface area contributed by atoms with Gasteiger partial charge in [-0.1, -0.05) is 61.3 Å². The smallest absolute Gasteiger partial charge is 0.290 e. The molecular formula is C52H73BrN10O12. The average Bonchev–Trinajstić information content (AvgIpc) is 4.14. The first-order valence-electron chi connectivity index (χ1n) is 25.8. The molecule has 5 rings (SSSR count). The van der Waals surface area contributed by atoms with Crippen molar-refractivity contribution in [3.05, 3.63) is 52.3 Å². The van der Waals surface area contributed by atoms with Crippen molar-refractivity contribution in [2.24, 2.45) is 17.8 Å². The highest BCUT2D eigenvalue weighted by atomic mass is 79.9. The third-order valence-corrected chi connectivity index (χ3v) is 14.5. The molecule has 1 aromatic carbocycles. The number of nitrogens with zero attached hydrogens (tertiary/aromatic N) is 2. The minimum Gasteiger partial charge on any atom is -0.508 e. The number of benzene rings is 1. The maximum Gasteiger partial charge on any atom is 0.290 e. The third kappa shape index (κ3) is 15.7. The van der Waals surface area contributed by atoms with Crippen LogP contribution in [0, 0.1) is 17.8 Å². The topological polar surface area (TPSA) is 323 Å². The minimum absolute atomic E-state index is 0.00833. The number of phenols is 1. The van der Waals surface area contributed by atoms with Crippen molar-refractivity contribution in [1.29, 1.82) is 0 Å². The number of hydrogen-bond acceptors (Lipinski definition) is 13. The van der Waals surface area contributed by atoms with Crippen LogP contribution in [0.1, 0.15) is 130 Å². The van der Waals surface area contributed by atoms with Gasteiger partial charge in [0.05, 0.1) is 16.2 Å². The van der Waals surface area contributed by atoms with Gasteiger partial charge in [-0.25, -0.2) is 4.98 Å². The number of fused-ring (bicyclic) bond motifs is 4. The lowest BCUT2D eigenvalue weighted by atomic mass is 9.96. The summed E-state index contributed by atoms with van der Waals surface area (Å²) in [4.78, 5) is 134. The second-order valence-corrected chi connectivity index (χ2v) is 20.8. The largest absolute Gasteiger partial charge is 0.508 e. The van der Waals surface area contributed by atoms with Crippen LogP contribution in [0.2, 0.25) is 0 Å². The lowest BCUT2D eigenvalue weighted by molar-refractivity contribution is -0.144. The van der Waals surface area contributed by atoms with Gasteiger partial charge >= 0.3 is 0 Å². The molecular weight excluding hydrogens is 1040 g/mol. The molecule has 75 heavy (non-hydrogen) atoms. The molecule has 1 saturated heterocycles. The number of ketones is 1. The van der Waals surface area contributed by atoms with E-state index >= 15 is 0 Å². The normalized spacial score (nSPS) is 23.1. The van der Waals surface area contributed by atoms with E-state index in [0.29, 0.717) is 40.3 Å². The molecule has 4 heterocycles. The number of rotatable bonds is 15. The summed E-state index contributed by atoms with van der Waals surface area (Å²) < 4.78 is 6.08. The summed E-state index contributed by atoms with van der Waals surface area (Å²) in [5.41, 5.74) is 1.37. The van der Waals surface area contributed by atoms with E-state index in [-0.39, 0.29) is 80.8 Å². The molecule has 0 spiro atoms. The third-order valence-electron chi connectivity index (χ3n) is 13.8. The van der Waals surface area contributed by atoms with E-state index in [0.717, 1.165) is 6.08 Å². The molecule has 1 fully saturated rings. The number of hydrogen-bond donors (Lipinski definition) is 10. The van der Waals surface area contributed by atoms with Crippen LogP contribution < -0.4 is 37.2 Å². The van der Waals surface area contributed by atoms with Crippen molar-refractivity contribution in [1.82, 2.24) is 52.1 Å². The number of nitrogens with one attached hydrogen (secondary N) is 8. The van der Waals surface area contributed by atoms with E-state index in [1.54, 1.807) is 26.8 Å². The number of carbonyl (C=O) groups excluding carboxylic acids is 9. The predicted octanol–water partition coefficient (Wildman–Crippen LogP) is 2.86. The van der Waals surface area contributed by atoms with Crippen LogP contribution >= 0.6 is 15.9 Å². The molecule has 23 heteroatoms. The summed E-state index contributed by atoms with van der Waals surface area (Å²) in [7, 11) is 0. The quantitative estimate of drug-likeness (QED) is 0.0981. The number of amides is 8. The first kappa shape index (κ1) is 59.3. The van der Waals surface area contributed by atoms with Gasteiger partial charge in [0.1, 0.15) is 60.1 Å². The number of aromatic hydroxyl groups is 1. The van der Waals surface area contributed by atoms with Crippen LogP contribution in [0.25, 0.3) is 17.0 Å². The number of aromatic nitrogens is 2. The Morgan fingerprint density at radius 1 is 0.867 bits per heavy atom. The highest BCUT2D eigenvalue weighted by Crippen LogP contribution is 2.30. The van der Waals surface area contributed by atoms with Gasteiger partial charge in [-0.3, -0.25) is 43.2 Å².